The van der Waals surface area contributed by atoms with Crippen molar-refractivity contribution in [2.45, 2.75) is 20.5 Å². The normalized spacial score (nSPS) is 15.0. The monoisotopic (exact) mass is 400 g/mol. The molecule has 2 amide bonds. The molecule has 1 heterocycles. The lowest BCUT2D eigenvalue weighted by molar-refractivity contribution is -0.117. The molecule has 0 saturated heterocycles. The highest BCUT2D eigenvalue weighted by Crippen LogP contribution is 2.32. The summed E-state index contributed by atoms with van der Waals surface area (Å²) >= 11 is 7.21. The number of aryl methyl sites for hydroxylation is 1. The van der Waals surface area contributed by atoms with Crippen LogP contribution in [0.4, 0.5) is 0 Å². The molecule has 1 N–H and O–H groups in total. The Labute approximate surface area is 166 Å². The van der Waals surface area contributed by atoms with Gasteiger partial charge in [-0.15, -0.1) is 0 Å². The van der Waals surface area contributed by atoms with E-state index in [-0.39, 0.29) is 11.1 Å². The van der Waals surface area contributed by atoms with Gasteiger partial charge in [-0.25, -0.2) is 0 Å². The fraction of sp³-hybridized carbons (Fsp3) is 0.150. The van der Waals surface area contributed by atoms with Gasteiger partial charge in [0.25, 0.3) is 5.91 Å². The molecule has 0 unspecified atom stereocenters. The Morgan fingerprint density at radius 1 is 1.26 bits per heavy atom. The molecule has 2 aromatic rings. The number of hydrogen-bond acceptors (Lipinski definition) is 4. The number of halogens is 1. The Hall–Kier alpha value is -2.57. The highest BCUT2D eigenvalue weighted by atomic mass is 35.5. The molecule has 27 heavy (non-hydrogen) atoms. The predicted molar refractivity (Wildman–Crippen MR) is 109 cm³/mol. The van der Waals surface area contributed by atoms with Crippen LogP contribution < -0.4 is 10.1 Å². The molecule has 7 heteroatoms. The number of ether oxygens (including phenoxy) is 1. The van der Waals surface area contributed by atoms with Crippen molar-refractivity contribution < 1.29 is 14.3 Å². The van der Waals surface area contributed by atoms with E-state index in [9.17, 15) is 9.59 Å². The van der Waals surface area contributed by atoms with Crippen molar-refractivity contribution >= 4 is 46.4 Å². The second kappa shape index (κ2) is 8.41. The van der Waals surface area contributed by atoms with Gasteiger partial charge in [0, 0.05) is 17.5 Å². The topological polar surface area (TPSA) is 67.8 Å². The molecule has 1 aliphatic heterocycles. The Morgan fingerprint density at radius 2 is 2.00 bits per heavy atom. The summed E-state index contributed by atoms with van der Waals surface area (Å²) < 4.78 is 5.92. The van der Waals surface area contributed by atoms with Gasteiger partial charge in [0.15, 0.2) is 5.17 Å². The Balaban J connectivity index is 1.79. The quantitative estimate of drug-likeness (QED) is 0.775. The SMILES string of the molecule is CC(=O)NC1=NC(=O)/C(=C\c2cc(Cl)ccc2OCc2ccc(C)cc2)S1. The van der Waals surface area contributed by atoms with Crippen LogP contribution in [0.25, 0.3) is 6.08 Å². The van der Waals surface area contributed by atoms with Crippen LogP contribution in [0.3, 0.4) is 0 Å². The molecular formula is C20H17ClN2O3S. The smallest absolute Gasteiger partial charge is 0.286 e. The third-order valence-corrected chi connectivity index (χ3v) is 4.81. The summed E-state index contributed by atoms with van der Waals surface area (Å²) in [5.41, 5.74) is 2.89. The number of aliphatic imine (C=N–C) groups is 1. The third kappa shape index (κ3) is 5.21. The number of nitrogens with zero attached hydrogens (tertiary/aromatic N) is 1. The number of nitrogens with one attached hydrogen (secondary N) is 1. The molecule has 1 aliphatic rings. The van der Waals surface area contributed by atoms with Crippen molar-refractivity contribution in [1.29, 1.82) is 0 Å². The van der Waals surface area contributed by atoms with Gasteiger partial charge >= 0.3 is 0 Å². The molecule has 0 saturated carbocycles. The fourth-order valence-corrected chi connectivity index (χ4v) is 3.39. The zero-order valence-electron chi connectivity index (χ0n) is 14.8. The van der Waals surface area contributed by atoms with E-state index in [2.05, 4.69) is 10.3 Å². The number of rotatable bonds is 4. The lowest BCUT2D eigenvalue weighted by atomic mass is 10.1. The number of amidine groups is 1. The lowest BCUT2D eigenvalue weighted by Gasteiger charge is -2.10. The van der Waals surface area contributed by atoms with Crippen LogP contribution in [0.2, 0.25) is 5.02 Å². The van der Waals surface area contributed by atoms with E-state index in [4.69, 9.17) is 16.3 Å². The van der Waals surface area contributed by atoms with Gasteiger partial charge in [-0.2, -0.15) is 4.99 Å². The summed E-state index contributed by atoms with van der Waals surface area (Å²) in [6.07, 6.45) is 1.67. The Morgan fingerprint density at radius 3 is 2.70 bits per heavy atom. The molecule has 0 atom stereocenters. The number of carbonyl (C=O) groups excluding carboxylic acids is 2. The van der Waals surface area contributed by atoms with Crippen LogP contribution in [-0.4, -0.2) is 17.0 Å². The summed E-state index contributed by atoms with van der Waals surface area (Å²) in [4.78, 5) is 27.4. The number of thioether (sulfide) groups is 1. The zero-order valence-corrected chi connectivity index (χ0v) is 16.4. The fourth-order valence-electron chi connectivity index (χ4n) is 2.36. The van der Waals surface area contributed by atoms with E-state index in [1.54, 1.807) is 24.3 Å². The highest BCUT2D eigenvalue weighted by Gasteiger charge is 2.23. The van der Waals surface area contributed by atoms with Crippen molar-refractivity contribution in [3.63, 3.8) is 0 Å². The molecule has 5 nitrogen and oxygen atoms in total. The van der Waals surface area contributed by atoms with Crippen molar-refractivity contribution in [2.75, 3.05) is 0 Å². The molecule has 0 aliphatic carbocycles. The second-order valence-electron chi connectivity index (χ2n) is 5.97. The number of carbonyl (C=O) groups is 2. The molecular weight excluding hydrogens is 384 g/mol. The Kier molecular flexibility index (Phi) is 5.98. The average molecular weight is 401 g/mol. The van der Waals surface area contributed by atoms with Gasteiger partial charge in [-0.3, -0.25) is 9.59 Å². The van der Waals surface area contributed by atoms with Gasteiger partial charge in [0.1, 0.15) is 12.4 Å². The summed E-state index contributed by atoms with van der Waals surface area (Å²) in [7, 11) is 0. The van der Waals surface area contributed by atoms with E-state index in [1.165, 1.54) is 12.5 Å². The average Bonchev–Trinajstić information content (AvgIpc) is 2.94. The van der Waals surface area contributed by atoms with Crippen molar-refractivity contribution in [3.8, 4) is 5.75 Å². The van der Waals surface area contributed by atoms with Crippen LogP contribution in [0.15, 0.2) is 52.4 Å². The molecule has 2 aromatic carbocycles. The highest BCUT2D eigenvalue weighted by molar-refractivity contribution is 8.18. The minimum Gasteiger partial charge on any atom is -0.488 e. The molecule has 138 valence electrons. The van der Waals surface area contributed by atoms with Gasteiger partial charge < -0.3 is 10.1 Å². The standard InChI is InChI=1S/C20H17ClN2O3S/c1-12-3-5-14(6-4-12)11-26-17-8-7-16(21)9-15(17)10-18-19(25)23-20(27-18)22-13(2)24/h3-10H,11H2,1-2H3,(H,22,23,24,25)/b18-10+. The van der Waals surface area contributed by atoms with Crippen molar-refractivity contribution in [2.24, 2.45) is 4.99 Å². The van der Waals surface area contributed by atoms with Crippen molar-refractivity contribution in [3.05, 3.63) is 69.1 Å². The summed E-state index contributed by atoms with van der Waals surface area (Å²) in [6, 6.07) is 13.3. The van der Waals surface area contributed by atoms with Gasteiger partial charge in [0.05, 0.1) is 4.91 Å². The van der Waals surface area contributed by atoms with E-state index >= 15 is 0 Å². The maximum atomic E-state index is 12.1. The molecule has 0 bridgehead atoms. The van der Waals surface area contributed by atoms with Crippen LogP contribution in [0.1, 0.15) is 23.6 Å². The predicted octanol–water partition coefficient (Wildman–Crippen LogP) is 4.33. The lowest BCUT2D eigenvalue weighted by Crippen LogP contribution is -2.23. The summed E-state index contributed by atoms with van der Waals surface area (Å²) in [6.45, 7) is 3.79. The minimum atomic E-state index is -0.409. The van der Waals surface area contributed by atoms with Crippen molar-refractivity contribution in [1.82, 2.24) is 5.32 Å². The van der Waals surface area contributed by atoms with Gasteiger partial charge in [-0.05, 0) is 48.5 Å². The van der Waals surface area contributed by atoms with Crippen LogP contribution in [0, 0.1) is 6.92 Å². The van der Waals surface area contributed by atoms with Crippen LogP contribution >= 0.6 is 23.4 Å². The maximum absolute atomic E-state index is 12.1. The van der Waals surface area contributed by atoms with E-state index in [0.717, 1.165) is 17.3 Å². The first kappa shape index (κ1) is 19.2. The molecule has 0 fully saturated rings. The minimum absolute atomic E-state index is 0.267. The zero-order chi connectivity index (χ0) is 19.4. The van der Waals surface area contributed by atoms with E-state index < -0.39 is 5.91 Å². The number of amides is 2. The van der Waals surface area contributed by atoms with Gasteiger partial charge in [-0.1, -0.05) is 41.4 Å². The molecule has 0 spiro atoms. The third-order valence-electron chi connectivity index (χ3n) is 3.68. The Bertz CT molecular complexity index is 952. The maximum Gasteiger partial charge on any atom is 0.286 e. The van der Waals surface area contributed by atoms with Crippen LogP contribution in [-0.2, 0) is 16.2 Å². The molecule has 0 aromatic heterocycles. The first-order valence-electron chi connectivity index (χ1n) is 8.19. The van der Waals surface area contributed by atoms with Gasteiger partial charge in [0.2, 0.25) is 5.91 Å². The van der Waals surface area contributed by atoms with E-state index in [0.29, 0.717) is 27.8 Å². The molecule has 0 radical (unpaired) electrons. The second-order valence-corrected chi connectivity index (χ2v) is 7.44. The summed E-state index contributed by atoms with van der Waals surface area (Å²) in [5.74, 6) is -0.0813. The first-order valence-corrected chi connectivity index (χ1v) is 9.38. The first-order chi connectivity index (χ1) is 12.9. The summed E-state index contributed by atoms with van der Waals surface area (Å²) in [5, 5.41) is 3.32. The number of hydrogen-bond donors (Lipinski definition) is 1. The molecule has 3 rings (SSSR count). The van der Waals surface area contributed by atoms with E-state index in [1.807, 2.05) is 31.2 Å². The van der Waals surface area contributed by atoms with Crippen LogP contribution in [0.5, 0.6) is 5.75 Å². The number of benzene rings is 2. The largest absolute Gasteiger partial charge is 0.488 e.